The van der Waals surface area contributed by atoms with Crippen molar-refractivity contribution in [3.05, 3.63) is 182 Å². The molecule has 1 atom stereocenters. The number of ether oxygens (including phenoxy) is 1. The lowest BCUT2D eigenvalue weighted by molar-refractivity contribution is 0.100. The van der Waals surface area contributed by atoms with E-state index in [1.807, 2.05) is 60.8 Å². The number of fused-ring (bicyclic) bond motifs is 2. The Bertz CT molecular complexity index is 3630. The number of carbonyl (C=O) groups is 1. The lowest BCUT2D eigenvalue weighted by Gasteiger charge is -2.35. The Morgan fingerprint density at radius 2 is 1.19 bits per heavy atom. The summed E-state index contributed by atoms with van der Waals surface area (Å²) in [6, 6.07) is 37.0. The number of rotatable bonds is 22. The van der Waals surface area contributed by atoms with Crippen molar-refractivity contribution in [1.29, 1.82) is 0 Å². The molecule has 10 rings (SSSR count). The lowest BCUT2D eigenvalue weighted by atomic mass is 9.92. The normalized spacial score (nSPS) is 15.5. The SMILES string of the molecule is COc1ccc(-c2cn(CCC(N)c3cc(F)c(-c4cn(CCCN)c5ccc(CN6CCN(Cc7ccccc7Cl)CC6)cc45)c(C(N)=O)c3)c3ccc(CN4CCN(Cc5ccccc5Cl)CC4)cc23)c(CNS(C)(=O)=O)c1. The second-order valence-corrected chi connectivity index (χ2v) is 24.1. The maximum absolute atomic E-state index is 17.1. The van der Waals surface area contributed by atoms with Crippen molar-refractivity contribution in [3.8, 4) is 28.0 Å². The minimum Gasteiger partial charge on any atom is -0.497 e. The van der Waals surface area contributed by atoms with Gasteiger partial charge in [-0.3, -0.25) is 24.4 Å². The number of sulfonamides is 1. The van der Waals surface area contributed by atoms with Gasteiger partial charge in [-0.05, 0) is 119 Å². The topological polar surface area (TPSA) is 173 Å². The average Bonchev–Trinajstić information content (AvgIpc) is 4.01. The van der Waals surface area contributed by atoms with Crippen molar-refractivity contribution >= 4 is 60.9 Å². The van der Waals surface area contributed by atoms with Crippen LogP contribution in [0.4, 0.5) is 4.39 Å². The zero-order valence-corrected chi connectivity index (χ0v) is 47.8. The quantitative estimate of drug-likeness (QED) is 0.0512. The molecule has 0 aliphatic carbocycles. The highest BCUT2D eigenvalue weighted by Gasteiger charge is 2.26. The molecule has 0 spiro atoms. The van der Waals surface area contributed by atoms with Crippen LogP contribution in [0.25, 0.3) is 44.1 Å². The molecule has 80 heavy (non-hydrogen) atoms. The summed E-state index contributed by atoms with van der Waals surface area (Å²) in [4.78, 5) is 23.3. The number of nitrogens with zero attached hydrogens (tertiary/aromatic N) is 6. The van der Waals surface area contributed by atoms with Crippen LogP contribution in [0, 0.1) is 5.82 Å². The number of primary amides is 1. The van der Waals surface area contributed by atoms with Gasteiger partial charge in [-0.25, -0.2) is 17.5 Å². The number of hydrogen-bond acceptors (Lipinski definition) is 10. The van der Waals surface area contributed by atoms with E-state index in [1.165, 1.54) is 6.07 Å². The van der Waals surface area contributed by atoms with E-state index in [1.54, 1.807) is 13.2 Å². The molecule has 0 bridgehead atoms. The Morgan fingerprint density at radius 3 is 1.71 bits per heavy atom. The minimum atomic E-state index is -3.52. The van der Waals surface area contributed by atoms with Crippen molar-refractivity contribution in [2.45, 2.75) is 64.7 Å². The van der Waals surface area contributed by atoms with E-state index in [0.29, 0.717) is 55.9 Å². The number of nitrogens with two attached hydrogens (primary N) is 3. The smallest absolute Gasteiger partial charge is 0.249 e. The number of piperazine rings is 2. The summed E-state index contributed by atoms with van der Waals surface area (Å²) >= 11 is 13.0. The van der Waals surface area contributed by atoms with Crippen LogP contribution in [0.1, 0.15) is 62.6 Å². The van der Waals surface area contributed by atoms with E-state index in [4.69, 9.17) is 45.1 Å². The molecule has 2 fully saturated rings. The fourth-order valence-corrected chi connectivity index (χ4v) is 12.3. The van der Waals surface area contributed by atoms with Crippen LogP contribution in [0.15, 0.2) is 128 Å². The van der Waals surface area contributed by atoms with E-state index >= 15 is 4.39 Å². The number of aromatic nitrogens is 2. The average molecular weight is 1140 g/mol. The van der Waals surface area contributed by atoms with Gasteiger partial charge in [0.15, 0.2) is 0 Å². The van der Waals surface area contributed by atoms with Crippen molar-refractivity contribution in [2.75, 3.05) is 72.3 Å². The molecule has 4 heterocycles. The van der Waals surface area contributed by atoms with Gasteiger partial charge in [-0.15, -0.1) is 0 Å². The Balaban J connectivity index is 0.906. The summed E-state index contributed by atoms with van der Waals surface area (Å²) in [7, 11) is -1.94. The molecule has 2 aliphatic heterocycles. The van der Waals surface area contributed by atoms with Crippen LogP contribution >= 0.6 is 23.2 Å². The zero-order valence-electron chi connectivity index (χ0n) is 45.5. The molecular formula is C62H71Cl2FN10O4S. The number of nitrogens with one attached hydrogen (secondary N) is 1. The van der Waals surface area contributed by atoms with Crippen LogP contribution in [0.3, 0.4) is 0 Å². The van der Waals surface area contributed by atoms with Gasteiger partial charge in [0.25, 0.3) is 0 Å². The zero-order chi connectivity index (χ0) is 56.1. The molecule has 420 valence electrons. The number of carbonyl (C=O) groups excluding carboxylic acids is 1. The van der Waals surface area contributed by atoms with Crippen LogP contribution in [0.5, 0.6) is 5.75 Å². The second-order valence-electron chi connectivity index (χ2n) is 21.4. The molecule has 1 amide bonds. The van der Waals surface area contributed by atoms with Gasteiger partial charge >= 0.3 is 0 Å². The van der Waals surface area contributed by atoms with Crippen molar-refractivity contribution in [2.24, 2.45) is 17.2 Å². The Kier molecular flexibility index (Phi) is 18.1. The molecule has 8 aromatic rings. The van der Waals surface area contributed by atoms with Gasteiger partial charge in [0.2, 0.25) is 15.9 Å². The first-order chi connectivity index (χ1) is 38.6. The third kappa shape index (κ3) is 13.4. The number of aryl methyl sites for hydroxylation is 2. The fraction of sp³-hybridized carbons (Fsp3) is 0.339. The summed E-state index contributed by atoms with van der Waals surface area (Å²) in [6.07, 6.45) is 6.24. The van der Waals surface area contributed by atoms with Crippen molar-refractivity contribution in [1.82, 2.24) is 33.5 Å². The van der Waals surface area contributed by atoms with Gasteiger partial charge < -0.3 is 31.1 Å². The van der Waals surface area contributed by atoms with Crippen LogP contribution in [-0.2, 0) is 55.8 Å². The molecule has 0 saturated carbocycles. The number of halogens is 3. The highest BCUT2D eigenvalue weighted by Crippen LogP contribution is 2.39. The summed E-state index contributed by atoms with van der Waals surface area (Å²) in [5.41, 5.74) is 29.3. The predicted molar refractivity (Wildman–Crippen MR) is 321 cm³/mol. The van der Waals surface area contributed by atoms with Gasteiger partial charge in [0.1, 0.15) is 11.6 Å². The standard InChI is InChI=1S/C62H71Cl2FN10O4S/c1-79-48-14-15-49(47(32-48)35-69-80(2,77)78)53-40-75(59-16-12-42(30-50(53)59)36-70-22-26-72(27-23-70)38-44-8-3-5-10-55(44)63)21-18-58(67)46-33-52(62(68)76)61(57(65)34-46)54-41-74(20-7-19-66)60-17-13-43(31-51(54)60)37-71-24-28-73(29-25-71)39-45-9-4-6-11-56(45)64/h3-6,8-17,30-34,40-41,58,69H,7,18-29,35-39,66-67H2,1-2H3,(H2,68,76). The highest BCUT2D eigenvalue weighted by molar-refractivity contribution is 7.88. The van der Waals surface area contributed by atoms with Gasteiger partial charge in [-0.1, -0.05) is 77.8 Å². The van der Waals surface area contributed by atoms with Crippen LogP contribution in [0.2, 0.25) is 10.0 Å². The number of amides is 1. The first-order valence-electron chi connectivity index (χ1n) is 27.4. The maximum atomic E-state index is 17.1. The largest absolute Gasteiger partial charge is 0.497 e. The predicted octanol–water partition coefficient (Wildman–Crippen LogP) is 9.61. The van der Waals surface area contributed by atoms with Crippen molar-refractivity contribution < 1.29 is 22.3 Å². The molecule has 2 saturated heterocycles. The Morgan fingerprint density at radius 1 is 0.662 bits per heavy atom. The number of benzene rings is 6. The minimum absolute atomic E-state index is 0.0599. The second kappa shape index (κ2) is 25.3. The molecule has 0 radical (unpaired) electrons. The van der Waals surface area contributed by atoms with E-state index in [-0.39, 0.29) is 17.7 Å². The van der Waals surface area contributed by atoms with Gasteiger partial charge in [-0.2, -0.15) is 0 Å². The van der Waals surface area contributed by atoms with Crippen LogP contribution in [-0.4, -0.2) is 115 Å². The first-order valence-corrected chi connectivity index (χ1v) is 30.1. The lowest BCUT2D eigenvalue weighted by Crippen LogP contribution is -2.45. The van der Waals surface area contributed by atoms with Gasteiger partial charge in [0.05, 0.1) is 18.9 Å². The highest BCUT2D eigenvalue weighted by atomic mass is 35.5. The summed E-state index contributed by atoms with van der Waals surface area (Å²) < 4.78 is 54.4. The molecule has 14 nitrogen and oxygen atoms in total. The third-order valence-electron chi connectivity index (χ3n) is 15.8. The monoisotopic (exact) mass is 1140 g/mol. The van der Waals surface area contributed by atoms with Crippen molar-refractivity contribution in [3.63, 3.8) is 0 Å². The fourth-order valence-electron chi connectivity index (χ4n) is 11.5. The number of methoxy groups -OCH3 is 1. The van der Waals surface area contributed by atoms with Gasteiger partial charge in [0, 0.05) is 165 Å². The number of hydrogen-bond donors (Lipinski definition) is 4. The summed E-state index contributed by atoms with van der Waals surface area (Å²) in [6.45, 7) is 11.9. The van der Waals surface area contributed by atoms with E-state index in [9.17, 15) is 13.2 Å². The molecule has 2 aromatic heterocycles. The molecule has 1 unspecified atom stereocenters. The molecular weight excluding hydrogens is 1070 g/mol. The van der Waals surface area contributed by atoms with E-state index in [2.05, 4.69) is 88.2 Å². The van der Waals surface area contributed by atoms with Crippen LogP contribution < -0.4 is 26.7 Å². The summed E-state index contributed by atoms with van der Waals surface area (Å²) in [5, 5.41) is 3.39. The summed E-state index contributed by atoms with van der Waals surface area (Å²) in [5.74, 6) is -0.730. The molecule has 18 heteroatoms. The van der Waals surface area contributed by atoms with E-state index < -0.39 is 27.8 Å². The molecule has 2 aliphatic rings. The first kappa shape index (κ1) is 57.1. The maximum Gasteiger partial charge on any atom is 0.249 e. The molecule has 7 N–H and O–H groups in total. The molecule has 6 aromatic carbocycles. The van der Waals surface area contributed by atoms with E-state index in [0.717, 1.165) is 149 Å². The Hall–Kier alpha value is -6.15. The Labute approximate surface area is 478 Å². The third-order valence-corrected chi connectivity index (χ3v) is 17.2.